The Kier molecular flexibility index (Phi) is 3.13. The summed E-state index contributed by atoms with van der Waals surface area (Å²) in [7, 11) is 0. The summed E-state index contributed by atoms with van der Waals surface area (Å²) in [6.07, 6.45) is 1.63. The Morgan fingerprint density at radius 1 is 1.56 bits per heavy atom. The molecule has 0 fully saturated rings. The minimum atomic E-state index is 0.0256. The zero-order valence-electron chi connectivity index (χ0n) is 9.03. The van der Waals surface area contributed by atoms with E-state index in [9.17, 15) is 0 Å². The van der Waals surface area contributed by atoms with E-state index in [1.165, 1.54) is 11.3 Å². The van der Waals surface area contributed by atoms with E-state index in [0.717, 1.165) is 0 Å². The van der Waals surface area contributed by atoms with Crippen molar-refractivity contribution in [3.63, 3.8) is 0 Å². The van der Waals surface area contributed by atoms with Gasteiger partial charge in [0, 0.05) is 11.6 Å². The van der Waals surface area contributed by atoms with Crippen LogP contribution in [0.15, 0.2) is 22.9 Å². The van der Waals surface area contributed by atoms with E-state index in [1.807, 2.05) is 6.07 Å². The molecule has 0 aliphatic rings. The first-order chi connectivity index (χ1) is 8.67. The molecule has 0 aliphatic carbocycles. The quantitative estimate of drug-likeness (QED) is 0.431. The van der Waals surface area contributed by atoms with E-state index in [2.05, 4.69) is 15.2 Å². The summed E-state index contributed by atoms with van der Waals surface area (Å²) in [5.41, 5.74) is 13.4. The molecule has 2 heterocycles. The number of thiazole rings is 1. The molecule has 0 radical (unpaired) electrons. The van der Waals surface area contributed by atoms with E-state index in [0.29, 0.717) is 15.8 Å². The Hall–Kier alpha value is -2.57. The van der Waals surface area contributed by atoms with Gasteiger partial charge in [-0.1, -0.05) is 5.22 Å². The molecule has 0 unspecified atom stereocenters. The number of hydrazine groups is 1. The molecule has 0 aromatic carbocycles. The van der Waals surface area contributed by atoms with Crippen LogP contribution in [-0.4, -0.2) is 9.97 Å². The van der Waals surface area contributed by atoms with Crippen LogP contribution in [0.2, 0.25) is 0 Å². The third-order valence-electron chi connectivity index (χ3n) is 2.12. The maximum Gasteiger partial charge on any atom is 0.188 e. The first-order valence-corrected chi connectivity index (χ1v) is 5.58. The molecule has 0 saturated heterocycles. The summed E-state index contributed by atoms with van der Waals surface area (Å²) in [5, 5.41) is 15.1. The molecule has 18 heavy (non-hydrogen) atoms. The molecule has 2 aromatic heterocycles. The number of nitrogen functional groups attached to an aromatic ring is 1. The third-order valence-corrected chi connectivity index (χ3v) is 2.91. The van der Waals surface area contributed by atoms with Crippen LogP contribution in [0.1, 0.15) is 5.56 Å². The van der Waals surface area contributed by atoms with Crippen LogP contribution in [0.3, 0.4) is 0 Å². The van der Waals surface area contributed by atoms with Gasteiger partial charge in [-0.05, 0) is 6.07 Å². The molecular weight excluding hydrogens is 252 g/mol. The molecule has 0 atom stereocenters. The number of aromatic nitrogens is 2. The minimum Gasteiger partial charge on any atom is -0.397 e. The van der Waals surface area contributed by atoms with E-state index in [4.69, 9.17) is 22.4 Å². The molecule has 5 N–H and O–H groups in total. The number of nitrogens with one attached hydrogen (secondary N) is 1. The Morgan fingerprint density at radius 3 is 2.89 bits per heavy atom. The molecule has 0 aliphatic heterocycles. The molecule has 0 saturated carbocycles. The lowest BCUT2D eigenvalue weighted by Gasteiger charge is -2.12. The SMILES string of the molecule is N#Cc1c(N)cc(-c2nccs2)nc1N(N)N=N. The summed E-state index contributed by atoms with van der Waals surface area (Å²) in [6.45, 7) is 0. The first kappa shape index (κ1) is 11.9. The highest BCUT2D eigenvalue weighted by Gasteiger charge is 2.16. The van der Waals surface area contributed by atoms with Crippen molar-refractivity contribution in [2.75, 3.05) is 10.9 Å². The lowest BCUT2D eigenvalue weighted by atomic mass is 10.2. The van der Waals surface area contributed by atoms with Crippen LogP contribution in [0.25, 0.3) is 10.7 Å². The maximum absolute atomic E-state index is 9.00. The van der Waals surface area contributed by atoms with Gasteiger partial charge in [-0.2, -0.15) is 15.9 Å². The van der Waals surface area contributed by atoms with Gasteiger partial charge in [0.05, 0.1) is 5.69 Å². The van der Waals surface area contributed by atoms with Crippen molar-refractivity contribution in [2.24, 2.45) is 11.1 Å². The molecule has 8 nitrogen and oxygen atoms in total. The summed E-state index contributed by atoms with van der Waals surface area (Å²) in [5.74, 6) is 5.48. The van der Waals surface area contributed by atoms with Gasteiger partial charge >= 0.3 is 0 Å². The molecule has 90 valence electrons. The first-order valence-electron chi connectivity index (χ1n) is 4.70. The highest BCUT2D eigenvalue weighted by Crippen LogP contribution is 2.28. The molecule has 0 spiro atoms. The highest BCUT2D eigenvalue weighted by atomic mass is 32.1. The fourth-order valence-corrected chi connectivity index (χ4v) is 1.94. The summed E-state index contributed by atoms with van der Waals surface area (Å²) < 4.78 is 0. The summed E-state index contributed by atoms with van der Waals surface area (Å²) in [4.78, 5) is 8.24. The van der Waals surface area contributed by atoms with E-state index < -0.39 is 0 Å². The second-order valence-electron chi connectivity index (χ2n) is 3.19. The average molecular weight is 260 g/mol. The standard InChI is InChI=1S/C9H8N8S/c10-4-5-6(11)3-7(9-14-1-2-18-9)15-8(5)17(13)16-12/h1-3,12H,13H2,(H2,11,15). The number of rotatable bonds is 3. The molecular formula is C9H8N8S. The van der Waals surface area contributed by atoms with Gasteiger partial charge in [0.25, 0.3) is 0 Å². The van der Waals surface area contributed by atoms with E-state index in [-0.39, 0.29) is 17.1 Å². The van der Waals surface area contributed by atoms with Gasteiger partial charge in [-0.3, -0.25) is 0 Å². The molecule has 0 amide bonds. The lowest BCUT2D eigenvalue weighted by molar-refractivity contribution is 0.802. The monoisotopic (exact) mass is 260 g/mol. The van der Waals surface area contributed by atoms with Crippen LogP contribution < -0.4 is 16.7 Å². The number of nitrogens with zero attached hydrogens (tertiary/aromatic N) is 5. The van der Waals surface area contributed by atoms with Crippen molar-refractivity contribution in [1.29, 1.82) is 10.8 Å². The fourth-order valence-electron chi connectivity index (χ4n) is 1.34. The van der Waals surface area contributed by atoms with Gasteiger partial charge in [-0.25, -0.2) is 15.8 Å². The Balaban J connectivity index is 2.64. The number of anilines is 2. The van der Waals surface area contributed by atoms with Crippen LogP contribution in [0.5, 0.6) is 0 Å². The second kappa shape index (κ2) is 4.74. The normalized spacial score (nSPS) is 9.78. The van der Waals surface area contributed by atoms with Gasteiger partial charge in [-0.15, -0.1) is 11.3 Å². The number of nitrogens with two attached hydrogens (primary N) is 2. The van der Waals surface area contributed by atoms with Crippen LogP contribution in [0.4, 0.5) is 11.5 Å². The van der Waals surface area contributed by atoms with Crippen molar-refractivity contribution in [3.8, 4) is 16.8 Å². The maximum atomic E-state index is 9.00. The zero-order valence-corrected chi connectivity index (χ0v) is 9.85. The third kappa shape index (κ3) is 1.97. The number of hydrogen-bond acceptors (Lipinski definition) is 8. The molecule has 2 rings (SSSR count). The summed E-state index contributed by atoms with van der Waals surface area (Å²) in [6, 6.07) is 3.42. The van der Waals surface area contributed by atoms with Crippen molar-refractivity contribution < 1.29 is 0 Å². The number of pyridine rings is 1. The predicted octanol–water partition coefficient (Wildman–Crippen LogP) is 1.29. The van der Waals surface area contributed by atoms with Gasteiger partial charge in [0.15, 0.2) is 5.82 Å². The number of nitriles is 1. The largest absolute Gasteiger partial charge is 0.397 e. The Bertz CT molecular complexity index is 614. The predicted molar refractivity (Wildman–Crippen MR) is 66.3 cm³/mol. The zero-order chi connectivity index (χ0) is 13.1. The minimum absolute atomic E-state index is 0.0256. The van der Waals surface area contributed by atoms with Gasteiger partial charge in [0.1, 0.15) is 22.3 Å². The Labute approximate surface area is 106 Å². The number of hydrogen-bond donors (Lipinski definition) is 3. The van der Waals surface area contributed by atoms with Crippen LogP contribution >= 0.6 is 11.3 Å². The van der Waals surface area contributed by atoms with Gasteiger partial charge < -0.3 is 5.73 Å². The van der Waals surface area contributed by atoms with Gasteiger partial charge in [0.2, 0.25) is 0 Å². The fraction of sp³-hybridized carbons (Fsp3) is 0. The average Bonchev–Trinajstić information content (AvgIpc) is 2.90. The summed E-state index contributed by atoms with van der Waals surface area (Å²) >= 11 is 1.38. The second-order valence-corrected chi connectivity index (χ2v) is 4.08. The molecule has 0 bridgehead atoms. The van der Waals surface area contributed by atoms with Crippen LogP contribution in [0, 0.1) is 16.9 Å². The highest BCUT2D eigenvalue weighted by molar-refractivity contribution is 7.13. The topological polar surface area (TPSA) is 141 Å². The Morgan fingerprint density at radius 2 is 2.33 bits per heavy atom. The molecule has 9 heteroatoms. The van der Waals surface area contributed by atoms with Crippen molar-refractivity contribution in [1.82, 2.24) is 9.97 Å². The molecule has 2 aromatic rings. The van der Waals surface area contributed by atoms with Crippen LogP contribution in [-0.2, 0) is 0 Å². The lowest BCUT2D eigenvalue weighted by Crippen LogP contribution is -2.26. The smallest absolute Gasteiger partial charge is 0.188 e. The van der Waals surface area contributed by atoms with Crippen molar-refractivity contribution >= 4 is 22.8 Å². The van der Waals surface area contributed by atoms with E-state index in [1.54, 1.807) is 17.6 Å². The van der Waals surface area contributed by atoms with Crippen molar-refractivity contribution in [2.45, 2.75) is 0 Å². The van der Waals surface area contributed by atoms with E-state index >= 15 is 0 Å². The van der Waals surface area contributed by atoms with Crippen molar-refractivity contribution in [3.05, 3.63) is 23.2 Å².